The summed E-state index contributed by atoms with van der Waals surface area (Å²) in [4.78, 5) is 18.9. The molecule has 0 unspecified atom stereocenters. The highest BCUT2D eigenvalue weighted by Gasteiger charge is 2.04. The number of carboxylic acid groups (broad SMARTS) is 1. The van der Waals surface area contributed by atoms with Crippen molar-refractivity contribution in [2.75, 3.05) is 6.61 Å². The van der Waals surface area contributed by atoms with E-state index in [1.165, 1.54) is 18.3 Å². The molecule has 2 heterocycles. The number of hydrogen-bond acceptors (Lipinski definition) is 4. The van der Waals surface area contributed by atoms with Crippen molar-refractivity contribution in [3.63, 3.8) is 0 Å². The predicted molar refractivity (Wildman–Crippen MR) is 64.6 cm³/mol. The Balaban J connectivity index is 1.90. The lowest BCUT2D eigenvalue weighted by Gasteiger charge is -2.05. The fourth-order valence-corrected chi connectivity index (χ4v) is 1.43. The number of aromatic carboxylic acids is 1. The lowest BCUT2D eigenvalue weighted by molar-refractivity contribution is 0.0696. The number of pyridine rings is 2. The Morgan fingerprint density at radius 2 is 2.11 bits per heavy atom. The fourth-order valence-electron chi connectivity index (χ4n) is 1.43. The standard InChI is InChI=1S/C13H12N2O3/c16-13(17)10-4-7-15-12(9-10)18-8-5-11-3-1-2-6-14-11/h1-4,6-7,9H,5,8H2,(H,16,17). The van der Waals surface area contributed by atoms with Crippen LogP contribution in [0.3, 0.4) is 0 Å². The third-order valence-electron chi connectivity index (χ3n) is 2.32. The number of carboxylic acids is 1. The van der Waals surface area contributed by atoms with Gasteiger partial charge < -0.3 is 9.84 Å². The minimum Gasteiger partial charge on any atom is -0.478 e. The second-order valence-electron chi connectivity index (χ2n) is 3.61. The topological polar surface area (TPSA) is 72.3 Å². The first-order valence-corrected chi connectivity index (χ1v) is 5.48. The molecule has 0 amide bonds. The number of rotatable bonds is 5. The molecule has 5 nitrogen and oxygen atoms in total. The molecule has 0 bridgehead atoms. The summed E-state index contributed by atoms with van der Waals surface area (Å²) in [5.74, 6) is -0.683. The summed E-state index contributed by atoms with van der Waals surface area (Å²) >= 11 is 0. The molecule has 0 saturated carbocycles. The van der Waals surface area contributed by atoms with Crippen LogP contribution < -0.4 is 4.74 Å². The van der Waals surface area contributed by atoms with Gasteiger partial charge in [-0.25, -0.2) is 9.78 Å². The van der Waals surface area contributed by atoms with E-state index in [0.717, 1.165) is 5.69 Å². The van der Waals surface area contributed by atoms with E-state index in [1.54, 1.807) is 6.20 Å². The molecule has 0 spiro atoms. The largest absolute Gasteiger partial charge is 0.478 e. The lowest BCUT2D eigenvalue weighted by Crippen LogP contribution is -2.05. The van der Waals surface area contributed by atoms with E-state index < -0.39 is 5.97 Å². The van der Waals surface area contributed by atoms with E-state index >= 15 is 0 Å². The van der Waals surface area contributed by atoms with E-state index in [9.17, 15) is 4.79 Å². The molecule has 92 valence electrons. The summed E-state index contributed by atoms with van der Waals surface area (Å²) in [6, 6.07) is 8.49. The molecule has 2 aromatic heterocycles. The molecule has 0 aliphatic heterocycles. The minimum atomic E-state index is -0.994. The normalized spacial score (nSPS) is 10.0. The lowest BCUT2D eigenvalue weighted by atomic mass is 10.3. The second kappa shape index (κ2) is 5.77. The van der Waals surface area contributed by atoms with Crippen LogP contribution in [-0.2, 0) is 6.42 Å². The Morgan fingerprint density at radius 1 is 1.22 bits per heavy atom. The van der Waals surface area contributed by atoms with Gasteiger partial charge in [0.25, 0.3) is 0 Å². The Bertz CT molecular complexity index is 529. The van der Waals surface area contributed by atoms with E-state index in [4.69, 9.17) is 9.84 Å². The van der Waals surface area contributed by atoms with E-state index in [1.807, 2.05) is 18.2 Å². The van der Waals surface area contributed by atoms with Crippen LogP contribution in [0.5, 0.6) is 5.88 Å². The summed E-state index contributed by atoms with van der Waals surface area (Å²) in [7, 11) is 0. The monoisotopic (exact) mass is 244 g/mol. The van der Waals surface area contributed by atoms with Gasteiger partial charge in [0.15, 0.2) is 0 Å². The van der Waals surface area contributed by atoms with Gasteiger partial charge in [-0.15, -0.1) is 0 Å². The first-order chi connectivity index (χ1) is 8.75. The van der Waals surface area contributed by atoms with Gasteiger partial charge >= 0.3 is 5.97 Å². The van der Waals surface area contributed by atoms with E-state index in [-0.39, 0.29) is 5.56 Å². The highest BCUT2D eigenvalue weighted by molar-refractivity contribution is 5.87. The van der Waals surface area contributed by atoms with Crippen molar-refractivity contribution in [1.82, 2.24) is 9.97 Å². The van der Waals surface area contributed by atoms with E-state index in [2.05, 4.69) is 9.97 Å². The number of carbonyl (C=O) groups is 1. The van der Waals surface area contributed by atoms with Crippen LogP contribution >= 0.6 is 0 Å². The molecular formula is C13H12N2O3. The van der Waals surface area contributed by atoms with Crippen molar-refractivity contribution in [3.05, 3.63) is 54.0 Å². The van der Waals surface area contributed by atoms with Gasteiger partial charge in [0.2, 0.25) is 5.88 Å². The highest BCUT2D eigenvalue weighted by Crippen LogP contribution is 2.09. The summed E-state index contributed by atoms with van der Waals surface area (Å²) in [6.07, 6.45) is 3.79. The number of ether oxygens (including phenoxy) is 1. The van der Waals surface area contributed by atoms with Crippen LogP contribution in [0.15, 0.2) is 42.7 Å². The quantitative estimate of drug-likeness (QED) is 0.868. The van der Waals surface area contributed by atoms with Crippen LogP contribution in [-0.4, -0.2) is 27.7 Å². The molecule has 0 aromatic carbocycles. The molecule has 2 rings (SSSR count). The Labute approximate surface area is 104 Å². The first kappa shape index (κ1) is 12.0. The molecule has 0 saturated heterocycles. The fraction of sp³-hybridized carbons (Fsp3) is 0.154. The van der Waals surface area contributed by atoms with Crippen molar-refractivity contribution in [3.8, 4) is 5.88 Å². The Kier molecular flexibility index (Phi) is 3.86. The van der Waals surface area contributed by atoms with Crippen LogP contribution in [0.2, 0.25) is 0 Å². The number of hydrogen-bond donors (Lipinski definition) is 1. The smallest absolute Gasteiger partial charge is 0.335 e. The van der Waals surface area contributed by atoms with E-state index in [0.29, 0.717) is 18.9 Å². The van der Waals surface area contributed by atoms with Crippen LogP contribution in [0.25, 0.3) is 0 Å². The maximum Gasteiger partial charge on any atom is 0.335 e. The van der Waals surface area contributed by atoms with Crippen LogP contribution in [0.1, 0.15) is 16.1 Å². The molecule has 0 atom stereocenters. The SMILES string of the molecule is O=C(O)c1ccnc(OCCc2ccccn2)c1. The Hall–Kier alpha value is -2.43. The average Bonchev–Trinajstić information content (AvgIpc) is 2.40. The molecule has 2 aromatic rings. The molecule has 18 heavy (non-hydrogen) atoms. The molecule has 1 N–H and O–H groups in total. The van der Waals surface area contributed by atoms with Gasteiger partial charge in [0.1, 0.15) is 0 Å². The third kappa shape index (κ3) is 3.28. The van der Waals surface area contributed by atoms with Gasteiger partial charge in [0, 0.05) is 30.6 Å². The summed E-state index contributed by atoms with van der Waals surface area (Å²) in [6.45, 7) is 0.410. The van der Waals surface area contributed by atoms with Crippen LogP contribution in [0.4, 0.5) is 0 Å². The van der Waals surface area contributed by atoms with Crippen molar-refractivity contribution in [2.24, 2.45) is 0 Å². The summed E-state index contributed by atoms with van der Waals surface area (Å²) in [5.41, 5.74) is 1.09. The van der Waals surface area contributed by atoms with Crippen molar-refractivity contribution >= 4 is 5.97 Å². The summed E-state index contributed by atoms with van der Waals surface area (Å²) in [5, 5.41) is 8.82. The number of nitrogens with zero attached hydrogens (tertiary/aromatic N) is 2. The van der Waals surface area contributed by atoms with Gasteiger partial charge in [-0.2, -0.15) is 0 Å². The van der Waals surface area contributed by atoms with Crippen LogP contribution in [0, 0.1) is 0 Å². The van der Waals surface area contributed by atoms with Gasteiger partial charge in [0.05, 0.1) is 12.2 Å². The zero-order chi connectivity index (χ0) is 12.8. The number of aromatic nitrogens is 2. The molecule has 0 radical (unpaired) electrons. The molecule has 5 heteroatoms. The molecule has 0 fully saturated rings. The average molecular weight is 244 g/mol. The summed E-state index contributed by atoms with van der Waals surface area (Å²) < 4.78 is 5.39. The molecular weight excluding hydrogens is 232 g/mol. The molecule has 0 aliphatic rings. The van der Waals surface area contributed by atoms with Crippen molar-refractivity contribution < 1.29 is 14.6 Å². The zero-order valence-corrected chi connectivity index (χ0v) is 9.61. The molecule has 0 aliphatic carbocycles. The maximum atomic E-state index is 10.8. The second-order valence-corrected chi connectivity index (χ2v) is 3.61. The van der Waals surface area contributed by atoms with Crippen molar-refractivity contribution in [2.45, 2.75) is 6.42 Å². The highest BCUT2D eigenvalue weighted by atomic mass is 16.5. The predicted octanol–water partition coefficient (Wildman–Crippen LogP) is 1.80. The van der Waals surface area contributed by atoms with Crippen molar-refractivity contribution in [1.29, 1.82) is 0 Å². The zero-order valence-electron chi connectivity index (χ0n) is 9.61. The minimum absolute atomic E-state index is 0.165. The first-order valence-electron chi connectivity index (χ1n) is 5.48. The van der Waals surface area contributed by atoms with Gasteiger partial charge in [-0.1, -0.05) is 6.07 Å². The Morgan fingerprint density at radius 3 is 2.83 bits per heavy atom. The van der Waals surface area contributed by atoms with Gasteiger partial charge in [-0.3, -0.25) is 4.98 Å². The maximum absolute atomic E-state index is 10.8. The third-order valence-corrected chi connectivity index (χ3v) is 2.32. The van der Waals surface area contributed by atoms with Gasteiger partial charge in [-0.05, 0) is 18.2 Å².